The molecule has 0 saturated carbocycles. The molecule has 0 spiro atoms. The molecule has 100 valence electrons. The van der Waals surface area contributed by atoms with Crippen LogP contribution in [0.3, 0.4) is 0 Å². The zero-order valence-electron chi connectivity index (χ0n) is 10.7. The average molecular weight is 326 g/mol. The number of rotatable bonds is 3. The van der Waals surface area contributed by atoms with Crippen LogP contribution in [-0.2, 0) is 0 Å². The molecule has 0 fully saturated rings. The summed E-state index contributed by atoms with van der Waals surface area (Å²) in [4.78, 5) is 0. The zero-order chi connectivity index (χ0) is 14.0. The van der Waals surface area contributed by atoms with Gasteiger partial charge in [0.2, 0.25) is 0 Å². The monoisotopic (exact) mass is 325 g/mol. The quantitative estimate of drug-likeness (QED) is 0.816. The normalized spacial score (nSPS) is 12.3. The van der Waals surface area contributed by atoms with E-state index in [0.29, 0.717) is 5.56 Å². The fourth-order valence-corrected chi connectivity index (χ4v) is 2.43. The van der Waals surface area contributed by atoms with Crippen molar-refractivity contribution >= 4 is 21.6 Å². The highest BCUT2D eigenvalue weighted by atomic mass is 79.9. The van der Waals surface area contributed by atoms with Crippen molar-refractivity contribution in [3.05, 3.63) is 63.6 Å². The van der Waals surface area contributed by atoms with Crippen molar-refractivity contribution in [1.29, 1.82) is 0 Å². The molecule has 2 aromatic rings. The second kappa shape index (κ2) is 5.70. The Kier molecular flexibility index (Phi) is 4.20. The molecule has 1 nitrogen and oxygen atoms in total. The minimum Gasteiger partial charge on any atom is -0.378 e. The van der Waals surface area contributed by atoms with Gasteiger partial charge in [-0.15, -0.1) is 0 Å². The van der Waals surface area contributed by atoms with E-state index in [0.717, 1.165) is 21.8 Å². The summed E-state index contributed by atoms with van der Waals surface area (Å²) in [6.45, 7) is 3.82. The van der Waals surface area contributed by atoms with Gasteiger partial charge in [-0.05, 0) is 43.7 Å². The molecule has 0 saturated heterocycles. The molecule has 0 bridgehead atoms. The van der Waals surface area contributed by atoms with Gasteiger partial charge in [-0.3, -0.25) is 0 Å². The lowest BCUT2D eigenvalue weighted by atomic mass is 10.1. The summed E-state index contributed by atoms with van der Waals surface area (Å²) in [5.41, 5.74) is 2.44. The van der Waals surface area contributed by atoms with Crippen molar-refractivity contribution < 1.29 is 8.78 Å². The number of aryl methyl sites for hydroxylation is 1. The van der Waals surface area contributed by atoms with Crippen molar-refractivity contribution in [3.63, 3.8) is 0 Å². The maximum absolute atomic E-state index is 13.7. The first kappa shape index (κ1) is 14.0. The fraction of sp³-hybridized carbons (Fsp3) is 0.200. The first-order chi connectivity index (χ1) is 8.97. The Morgan fingerprint density at radius 1 is 1.11 bits per heavy atom. The van der Waals surface area contributed by atoms with E-state index in [2.05, 4.69) is 21.2 Å². The van der Waals surface area contributed by atoms with Crippen LogP contribution in [0.4, 0.5) is 14.5 Å². The van der Waals surface area contributed by atoms with Gasteiger partial charge < -0.3 is 5.32 Å². The first-order valence-electron chi connectivity index (χ1n) is 5.95. The van der Waals surface area contributed by atoms with Gasteiger partial charge in [0, 0.05) is 21.8 Å². The van der Waals surface area contributed by atoms with Gasteiger partial charge >= 0.3 is 0 Å². The highest BCUT2D eigenvalue weighted by molar-refractivity contribution is 9.10. The molecule has 2 rings (SSSR count). The van der Waals surface area contributed by atoms with Crippen molar-refractivity contribution in [2.24, 2.45) is 0 Å². The third-order valence-corrected chi connectivity index (χ3v) is 3.48. The van der Waals surface area contributed by atoms with E-state index >= 15 is 0 Å². The maximum atomic E-state index is 13.7. The molecule has 0 aliphatic heterocycles. The summed E-state index contributed by atoms with van der Waals surface area (Å²) in [6.07, 6.45) is 0. The number of hydrogen-bond donors (Lipinski definition) is 1. The van der Waals surface area contributed by atoms with E-state index < -0.39 is 11.6 Å². The Morgan fingerprint density at radius 2 is 1.84 bits per heavy atom. The van der Waals surface area contributed by atoms with Crippen molar-refractivity contribution in [1.82, 2.24) is 0 Å². The molecule has 1 atom stereocenters. The minimum absolute atomic E-state index is 0.236. The molecule has 2 aromatic carbocycles. The number of benzene rings is 2. The third kappa shape index (κ3) is 3.32. The Morgan fingerprint density at radius 3 is 2.47 bits per heavy atom. The smallest absolute Gasteiger partial charge is 0.131 e. The van der Waals surface area contributed by atoms with Gasteiger partial charge in [0.1, 0.15) is 11.6 Å². The van der Waals surface area contributed by atoms with Crippen LogP contribution in [0.2, 0.25) is 0 Å². The molecule has 0 amide bonds. The minimum atomic E-state index is -0.562. The van der Waals surface area contributed by atoms with Crippen molar-refractivity contribution in [3.8, 4) is 0 Å². The Balaban J connectivity index is 2.23. The molecule has 0 aliphatic rings. The fourth-order valence-electron chi connectivity index (χ4n) is 1.95. The highest BCUT2D eigenvalue weighted by Gasteiger charge is 2.12. The van der Waals surface area contributed by atoms with Gasteiger partial charge in [-0.25, -0.2) is 8.78 Å². The molecule has 0 aliphatic carbocycles. The van der Waals surface area contributed by atoms with E-state index in [1.165, 1.54) is 12.1 Å². The largest absolute Gasteiger partial charge is 0.378 e. The summed E-state index contributed by atoms with van der Waals surface area (Å²) in [5.74, 6) is -1.09. The number of halogens is 3. The first-order valence-corrected chi connectivity index (χ1v) is 6.74. The summed E-state index contributed by atoms with van der Waals surface area (Å²) in [7, 11) is 0. The summed E-state index contributed by atoms with van der Waals surface area (Å²) in [6, 6.07) is 9.24. The highest BCUT2D eigenvalue weighted by Crippen LogP contribution is 2.26. The van der Waals surface area contributed by atoms with Crippen molar-refractivity contribution in [2.45, 2.75) is 19.9 Å². The third-order valence-electron chi connectivity index (χ3n) is 2.99. The summed E-state index contributed by atoms with van der Waals surface area (Å²) >= 11 is 3.40. The van der Waals surface area contributed by atoms with Gasteiger partial charge in [-0.2, -0.15) is 0 Å². The van der Waals surface area contributed by atoms with E-state index in [9.17, 15) is 8.78 Å². The lowest BCUT2D eigenvalue weighted by Gasteiger charge is -2.18. The number of nitrogens with one attached hydrogen (secondary N) is 1. The zero-order valence-corrected chi connectivity index (χ0v) is 12.3. The topological polar surface area (TPSA) is 12.0 Å². The van der Waals surface area contributed by atoms with Crippen LogP contribution in [0.1, 0.15) is 24.1 Å². The van der Waals surface area contributed by atoms with Gasteiger partial charge in [-0.1, -0.05) is 22.0 Å². The molecule has 4 heteroatoms. The SMILES string of the molecule is Cc1cc(Br)ccc1NC(C)c1ccc(F)cc1F. The van der Waals surface area contributed by atoms with Crippen LogP contribution >= 0.6 is 15.9 Å². The Labute approximate surface area is 119 Å². The van der Waals surface area contributed by atoms with Crippen LogP contribution in [0.25, 0.3) is 0 Å². The van der Waals surface area contributed by atoms with Crippen LogP contribution in [-0.4, -0.2) is 0 Å². The molecule has 0 aromatic heterocycles. The van der Waals surface area contributed by atoms with Crippen LogP contribution in [0.15, 0.2) is 40.9 Å². The van der Waals surface area contributed by atoms with Crippen LogP contribution < -0.4 is 5.32 Å². The van der Waals surface area contributed by atoms with E-state index in [1.807, 2.05) is 32.0 Å². The van der Waals surface area contributed by atoms with Crippen molar-refractivity contribution in [2.75, 3.05) is 5.32 Å². The Hall–Kier alpha value is -1.42. The lowest BCUT2D eigenvalue weighted by molar-refractivity contribution is 0.566. The standard InChI is InChI=1S/C15H14BrF2N/c1-9-7-11(16)3-6-15(9)19-10(2)13-5-4-12(17)8-14(13)18/h3-8,10,19H,1-2H3. The number of hydrogen-bond acceptors (Lipinski definition) is 1. The van der Waals surface area contributed by atoms with Gasteiger partial charge in [0.25, 0.3) is 0 Å². The molecule has 19 heavy (non-hydrogen) atoms. The second-order valence-electron chi connectivity index (χ2n) is 4.49. The average Bonchev–Trinajstić information content (AvgIpc) is 2.32. The molecule has 1 unspecified atom stereocenters. The van der Waals surface area contributed by atoms with E-state index in [1.54, 1.807) is 0 Å². The van der Waals surface area contributed by atoms with E-state index in [4.69, 9.17) is 0 Å². The second-order valence-corrected chi connectivity index (χ2v) is 5.41. The molecule has 1 N–H and O–H groups in total. The molecule has 0 heterocycles. The molecular weight excluding hydrogens is 312 g/mol. The summed E-state index contributed by atoms with van der Waals surface area (Å²) < 4.78 is 27.6. The van der Waals surface area contributed by atoms with E-state index in [-0.39, 0.29) is 6.04 Å². The van der Waals surface area contributed by atoms with Gasteiger partial charge in [0.15, 0.2) is 0 Å². The number of anilines is 1. The summed E-state index contributed by atoms with van der Waals surface area (Å²) in [5, 5.41) is 3.23. The predicted molar refractivity (Wildman–Crippen MR) is 77.3 cm³/mol. The van der Waals surface area contributed by atoms with Crippen LogP contribution in [0, 0.1) is 18.6 Å². The van der Waals surface area contributed by atoms with Crippen LogP contribution in [0.5, 0.6) is 0 Å². The maximum Gasteiger partial charge on any atom is 0.131 e. The predicted octanol–water partition coefficient (Wildman–Crippen LogP) is 5.21. The Bertz CT molecular complexity index is 599. The van der Waals surface area contributed by atoms with Gasteiger partial charge in [0.05, 0.1) is 6.04 Å². The molecular formula is C15H14BrF2N. The lowest BCUT2D eigenvalue weighted by Crippen LogP contribution is -2.09. The molecule has 0 radical (unpaired) electrons.